The van der Waals surface area contributed by atoms with Crippen molar-refractivity contribution in [3.63, 3.8) is 0 Å². The molecule has 1 saturated carbocycles. The Morgan fingerprint density at radius 3 is 2.64 bits per heavy atom. The molecule has 0 aliphatic heterocycles. The van der Waals surface area contributed by atoms with Gasteiger partial charge >= 0.3 is 6.18 Å². The van der Waals surface area contributed by atoms with Gasteiger partial charge in [0.15, 0.2) is 5.65 Å². The molecule has 3 aromatic rings. The number of fused-ring (bicyclic) bond motifs is 1. The van der Waals surface area contributed by atoms with Gasteiger partial charge in [-0.05, 0) is 47.7 Å². The smallest absolute Gasteiger partial charge is 0.330 e. The lowest BCUT2D eigenvalue weighted by Crippen LogP contribution is -2.41. The van der Waals surface area contributed by atoms with Crippen LogP contribution in [0.4, 0.5) is 13.2 Å². The molecule has 0 saturated heterocycles. The van der Waals surface area contributed by atoms with Gasteiger partial charge in [-0.2, -0.15) is 18.3 Å². The number of aromatic nitrogens is 3. The second-order valence-electron chi connectivity index (χ2n) is 6.63. The van der Waals surface area contributed by atoms with Crippen LogP contribution in [-0.2, 0) is 11.6 Å². The summed E-state index contributed by atoms with van der Waals surface area (Å²) in [7, 11) is 0. The zero-order valence-corrected chi connectivity index (χ0v) is 13.4. The Bertz CT molecular complexity index is 920. The number of H-pyrrole nitrogens is 1. The molecule has 0 unspecified atom stereocenters. The fourth-order valence-corrected chi connectivity index (χ4v) is 3.57. The van der Waals surface area contributed by atoms with E-state index in [1.54, 1.807) is 18.5 Å². The Kier molecular flexibility index (Phi) is 3.57. The zero-order chi connectivity index (χ0) is 17.7. The maximum atomic E-state index is 13.5. The Balaban J connectivity index is 1.94. The van der Waals surface area contributed by atoms with Crippen LogP contribution < -0.4 is 5.73 Å². The summed E-state index contributed by atoms with van der Waals surface area (Å²) < 4.78 is 40.4. The second-order valence-corrected chi connectivity index (χ2v) is 6.63. The maximum absolute atomic E-state index is 13.5. The van der Waals surface area contributed by atoms with Gasteiger partial charge in [0.2, 0.25) is 0 Å². The highest BCUT2D eigenvalue weighted by Gasteiger charge is 2.40. The summed E-state index contributed by atoms with van der Waals surface area (Å²) in [5, 5.41) is 7.39. The molecule has 2 aromatic heterocycles. The van der Waals surface area contributed by atoms with E-state index in [-0.39, 0.29) is 5.41 Å². The summed E-state index contributed by atoms with van der Waals surface area (Å²) in [6.07, 6.45) is 1.37. The number of rotatable bonds is 3. The molecule has 1 fully saturated rings. The van der Waals surface area contributed by atoms with Crippen LogP contribution in [0, 0.1) is 0 Å². The molecule has 1 aromatic carbocycles. The minimum Gasteiger partial charge on any atom is -0.330 e. The summed E-state index contributed by atoms with van der Waals surface area (Å²) in [5.74, 6) is 0. The number of alkyl halides is 3. The van der Waals surface area contributed by atoms with Crippen molar-refractivity contribution in [1.82, 2.24) is 15.2 Å². The van der Waals surface area contributed by atoms with Gasteiger partial charge in [-0.15, -0.1) is 0 Å². The Labute approximate surface area is 142 Å². The fraction of sp³-hybridized carbons (Fsp3) is 0.333. The molecule has 4 nitrogen and oxygen atoms in total. The first-order chi connectivity index (χ1) is 11.9. The van der Waals surface area contributed by atoms with Crippen molar-refractivity contribution in [2.45, 2.75) is 30.9 Å². The lowest BCUT2D eigenvalue weighted by atomic mass is 9.64. The van der Waals surface area contributed by atoms with E-state index in [1.165, 1.54) is 12.1 Å². The number of pyridine rings is 1. The first-order valence-corrected chi connectivity index (χ1v) is 8.14. The monoisotopic (exact) mass is 346 g/mol. The zero-order valence-electron chi connectivity index (χ0n) is 13.4. The summed E-state index contributed by atoms with van der Waals surface area (Å²) in [6, 6.07) is 5.99. The Morgan fingerprint density at radius 1 is 1.20 bits per heavy atom. The van der Waals surface area contributed by atoms with Crippen LogP contribution in [-0.4, -0.2) is 21.7 Å². The van der Waals surface area contributed by atoms with Gasteiger partial charge in [0, 0.05) is 23.5 Å². The third-order valence-electron chi connectivity index (χ3n) is 5.24. The summed E-state index contributed by atoms with van der Waals surface area (Å²) >= 11 is 0. The minimum atomic E-state index is -4.41. The molecule has 0 bridgehead atoms. The predicted octanol–water partition coefficient (Wildman–Crippen LogP) is 4.02. The van der Waals surface area contributed by atoms with Crippen molar-refractivity contribution in [3.05, 3.63) is 47.8 Å². The van der Waals surface area contributed by atoms with E-state index < -0.39 is 11.7 Å². The molecule has 130 valence electrons. The minimum absolute atomic E-state index is 0.349. The van der Waals surface area contributed by atoms with Crippen LogP contribution in [0.3, 0.4) is 0 Å². The van der Waals surface area contributed by atoms with Crippen molar-refractivity contribution in [2.75, 3.05) is 6.54 Å². The average Bonchev–Trinajstić information content (AvgIpc) is 3.02. The number of nitrogens with two attached hydrogens (primary N) is 1. The van der Waals surface area contributed by atoms with Crippen LogP contribution in [0.2, 0.25) is 0 Å². The fourth-order valence-electron chi connectivity index (χ4n) is 3.57. The van der Waals surface area contributed by atoms with Crippen LogP contribution in [0.5, 0.6) is 0 Å². The number of hydrogen-bond acceptors (Lipinski definition) is 3. The van der Waals surface area contributed by atoms with Gasteiger partial charge in [-0.1, -0.05) is 12.5 Å². The van der Waals surface area contributed by atoms with Gasteiger partial charge in [-0.3, -0.25) is 5.10 Å². The normalized spacial score (nSPS) is 16.8. The van der Waals surface area contributed by atoms with E-state index in [2.05, 4.69) is 15.2 Å². The molecule has 4 rings (SSSR count). The van der Waals surface area contributed by atoms with E-state index in [9.17, 15) is 13.2 Å². The molecule has 1 aliphatic rings. The van der Waals surface area contributed by atoms with Crippen LogP contribution in [0.15, 0.2) is 36.7 Å². The largest absolute Gasteiger partial charge is 0.416 e. The molecule has 3 N–H and O–H groups in total. The number of benzene rings is 1. The highest BCUT2D eigenvalue weighted by molar-refractivity contribution is 5.92. The highest BCUT2D eigenvalue weighted by atomic mass is 19.4. The molecule has 7 heteroatoms. The lowest BCUT2D eigenvalue weighted by molar-refractivity contribution is -0.137. The Hall–Kier alpha value is -2.41. The number of aromatic amines is 1. The SMILES string of the molecule is NCC1(c2cc(-c3ccnc4[nH]ncc34)cc(C(F)(F)F)c2)CCC1. The first kappa shape index (κ1) is 16.1. The van der Waals surface area contributed by atoms with Gasteiger partial charge in [-0.25, -0.2) is 4.98 Å². The standard InChI is InChI=1S/C18H17F3N4/c19-18(20,21)13-7-11(6-12(8-13)17(10-22)3-1-4-17)14-2-5-23-16-15(14)9-24-25-16/h2,5-9H,1,3-4,10,22H2,(H,23,24,25). The van der Waals surface area contributed by atoms with Crippen molar-refractivity contribution in [3.8, 4) is 11.1 Å². The third kappa shape index (κ3) is 2.59. The van der Waals surface area contributed by atoms with Crippen molar-refractivity contribution >= 4 is 11.0 Å². The molecule has 0 atom stereocenters. The van der Waals surface area contributed by atoms with Gasteiger partial charge in [0.25, 0.3) is 0 Å². The van der Waals surface area contributed by atoms with Gasteiger partial charge in [0.1, 0.15) is 0 Å². The van der Waals surface area contributed by atoms with E-state index in [1.807, 2.05) is 6.07 Å². The Morgan fingerprint density at radius 2 is 2.00 bits per heavy atom. The molecule has 25 heavy (non-hydrogen) atoms. The molecule has 2 heterocycles. The van der Waals surface area contributed by atoms with E-state index in [0.717, 1.165) is 19.3 Å². The molecular weight excluding hydrogens is 329 g/mol. The average molecular weight is 346 g/mol. The van der Waals surface area contributed by atoms with Crippen molar-refractivity contribution < 1.29 is 13.2 Å². The van der Waals surface area contributed by atoms with E-state index in [0.29, 0.717) is 34.3 Å². The molecule has 0 spiro atoms. The maximum Gasteiger partial charge on any atom is 0.416 e. The van der Waals surface area contributed by atoms with Crippen LogP contribution >= 0.6 is 0 Å². The van der Waals surface area contributed by atoms with Crippen LogP contribution in [0.25, 0.3) is 22.2 Å². The predicted molar refractivity (Wildman–Crippen MR) is 88.9 cm³/mol. The number of nitrogens with zero attached hydrogens (tertiary/aromatic N) is 2. The second kappa shape index (κ2) is 5.56. The van der Waals surface area contributed by atoms with Crippen molar-refractivity contribution in [1.29, 1.82) is 0 Å². The first-order valence-electron chi connectivity index (χ1n) is 8.14. The van der Waals surface area contributed by atoms with Crippen molar-refractivity contribution in [2.24, 2.45) is 5.73 Å². The lowest BCUT2D eigenvalue weighted by Gasteiger charge is -2.42. The number of halogens is 3. The van der Waals surface area contributed by atoms with E-state index >= 15 is 0 Å². The number of hydrogen-bond donors (Lipinski definition) is 2. The highest BCUT2D eigenvalue weighted by Crippen LogP contribution is 2.46. The molecular formula is C18H17F3N4. The summed E-state index contributed by atoms with van der Waals surface area (Å²) in [5.41, 5.74) is 7.33. The molecule has 0 amide bonds. The molecule has 1 aliphatic carbocycles. The number of nitrogens with one attached hydrogen (secondary N) is 1. The molecule has 0 radical (unpaired) electrons. The third-order valence-corrected chi connectivity index (χ3v) is 5.24. The van der Waals surface area contributed by atoms with Crippen LogP contribution in [0.1, 0.15) is 30.4 Å². The van der Waals surface area contributed by atoms with E-state index in [4.69, 9.17) is 5.73 Å². The van der Waals surface area contributed by atoms with Gasteiger partial charge < -0.3 is 5.73 Å². The quantitative estimate of drug-likeness (QED) is 0.752. The van der Waals surface area contributed by atoms with Gasteiger partial charge in [0.05, 0.1) is 11.8 Å². The summed E-state index contributed by atoms with van der Waals surface area (Å²) in [4.78, 5) is 4.15. The topological polar surface area (TPSA) is 67.6 Å². The summed E-state index contributed by atoms with van der Waals surface area (Å²) in [6.45, 7) is 0.352.